The van der Waals surface area contributed by atoms with Crippen molar-refractivity contribution in [1.82, 2.24) is 15.5 Å². The van der Waals surface area contributed by atoms with Crippen molar-refractivity contribution in [2.75, 3.05) is 0 Å². The van der Waals surface area contributed by atoms with Crippen molar-refractivity contribution in [2.24, 2.45) is 5.92 Å². The predicted molar refractivity (Wildman–Crippen MR) is 119 cm³/mol. The maximum Gasteiger partial charge on any atom is 0.408 e. The fourth-order valence-corrected chi connectivity index (χ4v) is 3.77. The molecule has 184 valence electrons. The van der Waals surface area contributed by atoms with Gasteiger partial charge in [-0.25, -0.2) is 9.59 Å². The lowest BCUT2D eigenvalue weighted by Gasteiger charge is -2.33. The number of aliphatic carboxylic acids is 1. The third-order valence-corrected chi connectivity index (χ3v) is 5.37. The van der Waals surface area contributed by atoms with E-state index in [1.165, 1.54) is 11.8 Å². The summed E-state index contributed by atoms with van der Waals surface area (Å²) in [6, 6.07) is -0.0192. The van der Waals surface area contributed by atoms with Gasteiger partial charge in [-0.3, -0.25) is 9.59 Å². The van der Waals surface area contributed by atoms with Crippen molar-refractivity contribution in [3.63, 3.8) is 0 Å². The van der Waals surface area contributed by atoms with Gasteiger partial charge in [0.15, 0.2) is 0 Å². The van der Waals surface area contributed by atoms with Crippen molar-refractivity contribution >= 4 is 23.9 Å². The first-order valence-electron chi connectivity index (χ1n) is 11.1. The molecule has 0 saturated carbocycles. The zero-order chi connectivity index (χ0) is 25.1. The van der Waals surface area contributed by atoms with Gasteiger partial charge in [0.1, 0.15) is 35.2 Å². The molecule has 10 heteroatoms. The molecule has 1 aliphatic rings. The van der Waals surface area contributed by atoms with Gasteiger partial charge in [0.25, 0.3) is 0 Å². The van der Waals surface area contributed by atoms with Crippen LogP contribution in [0.3, 0.4) is 0 Å². The van der Waals surface area contributed by atoms with E-state index in [1.807, 2.05) is 0 Å². The average molecular weight is 466 g/mol. The van der Waals surface area contributed by atoms with E-state index in [0.717, 1.165) is 0 Å². The minimum absolute atomic E-state index is 0.279. The molecule has 10 nitrogen and oxygen atoms in total. The van der Waals surface area contributed by atoms with Gasteiger partial charge in [-0.05, 0) is 65.5 Å². The molecular formula is C23H35N3O7. The summed E-state index contributed by atoms with van der Waals surface area (Å²) in [5.74, 6) is -1.35. The molecule has 0 aromatic carbocycles. The Morgan fingerprint density at radius 2 is 1.76 bits per heavy atom. The second kappa shape index (κ2) is 10.3. The summed E-state index contributed by atoms with van der Waals surface area (Å²) in [5.41, 5.74) is -0.725. The number of ether oxygens (including phenoxy) is 1. The molecule has 0 bridgehead atoms. The number of carboxylic acid groups (broad SMARTS) is 1. The third-order valence-electron chi connectivity index (χ3n) is 5.37. The smallest absolute Gasteiger partial charge is 0.408 e. The molecule has 1 saturated heterocycles. The molecule has 0 aliphatic carbocycles. The van der Waals surface area contributed by atoms with Crippen LogP contribution in [0.15, 0.2) is 16.5 Å². The van der Waals surface area contributed by atoms with E-state index in [0.29, 0.717) is 17.9 Å². The molecule has 1 fully saturated rings. The molecule has 3 amide bonds. The van der Waals surface area contributed by atoms with Gasteiger partial charge in [-0.15, -0.1) is 0 Å². The number of hydrogen-bond acceptors (Lipinski definition) is 6. The molecule has 0 spiro atoms. The quantitative estimate of drug-likeness (QED) is 0.563. The molecule has 0 unspecified atom stereocenters. The summed E-state index contributed by atoms with van der Waals surface area (Å²) < 4.78 is 10.8. The normalized spacial score (nSPS) is 20.3. The standard InChI is InChI=1S/C23H35N3O7/c1-12(2)18(25-19(27)14(4)24-22(31)33-23(5,6)7)20(28)26-15(9-10-16(26)21(29)30)17-11-8-13(3)32-17/h8,11-12,14-16,18H,9-10H2,1-7H3,(H,24,31)(H,25,27)(H,29,30)/t14-,15+,16-,18-/m0/s1. The topological polar surface area (TPSA) is 138 Å². The number of carbonyl (C=O) groups is 4. The zero-order valence-corrected chi connectivity index (χ0v) is 20.3. The van der Waals surface area contributed by atoms with Crippen molar-refractivity contribution in [1.29, 1.82) is 0 Å². The number of rotatable bonds is 7. The van der Waals surface area contributed by atoms with E-state index in [9.17, 15) is 24.3 Å². The second-order valence-electron chi connectivity index (χ2n) is 9.74. The third kappa shape index (κ3) is 6.72. The first-order chi connectivity index (χ1) is 15.2. The fraction of sp³-hybridized carbons (Fsp3) is 0.652. The van der Waals surface area contributed by atoms with E-state index in [4.69, 9.17) is 9.15 Å². The van der Waals surface area contributed by atoms with Gasteiger partial charge in [-0.1, -0.05) is 13.8 Å². The van der Waals surface area contributed by atoms with Crippen LogP contribution in [0, 0.1) is 12.8 Å². The highest BCUT2D eigenvalue weighted by Crippen LogP contribution is 2.38. The van der Waals surface area contributed by atoms with Crippen LogP contribution < -0.4 is 10.6 Å². The number of aryl methyl sites for hydroxylation is 1. The summed E-state index contributed by atoms with van der Waals surface area (Å²) in [6.45, 7) is 11.9. The molecular weight excluding hydrogens is 430 g/mol. The van der Waals surface area contributed by atoms with Crippen LogP contribution in [0.2, 0.25) is 0 Å². The van der Waals surface area contributed by atoms with E-state index >= 15 is 0 Å². The van der Waals surface area contributed by atoms with Crippen LogP contribution >= 0.6 is 0 Å². The minimum atomic E-state index is -1.11. The van der Waals surface area contributed by atoms with Crippen LogP contribution in [0.1, 0.15) is 71.9 Å². The number of furan rings is 1. The van der Waals surface area contributed by atoms with Crippen LogP contribution in [0.4, 0.5) is 4.79 Å². The fourth-order valence-electron chi connectivity index (χ4n) is 3.77. The molecule has 2 heterocycles. The summed E-state index contributed by atoms with van der Waals surface area (Å²) in [7, 11) is 0. The second-order valence-corrected chi connectivity index (χ2v) is 9.74. The van der Waals surface area contributed by atoms with Crippen LogP contribution in [-0.4, -0.2) is 57.6 Å². The summed E-state index contributed by atoms with van der Waals surface area (Å²) in [4.78, 5) is 51.5. The van der Waals surface area contributed by atoms with Crippen LogP contribution in [-0.2, 0) is 19.1 Å². The maximum absolute atomic E-state index is 13.6. The highest BCUT2D eigenvalue weighted by Gasteiger charge is 2.46. The molecule has 2 rings (SSSR count). The Labute approximate surface area is 194 Å². The number of likely N-dealkylation sites (tertiary alicyclic amines) is 1. The first kappa shape index (κ1) is 26.2. The Bertz CT molecular complexity index is 887. The largest absolute Gasteiger partial charge is 0.480 e. The lowest BCUT2D eigenvalue weighted by Crippen LogP contribution is -2.57. The minimum Gasteiger partial charge on any atom is -0.480 e. The Kier molecular flexibility index (Phi) is 8.16. The van der Waals surface area contributed by atoms with Crippen molar-refractivity contribution in [3.8, 4) is 0 Å². The highest BCUT2D eigenvalue weighted by molar-refractivity contribution is 5.93. The van der Waals surface area contributed by atoms with Crippen molar-refractivity contribution in [3.05, 3.63) is 23.7 Å². The highest BCUT2D eigenvalue weighted by atomic mass is 16.6. The SMILES string of the molecule is Cc1ccc([C@H]2CC[C@@H](C(=O)O)N2C(=O)[C@@H](NC(=O)[C@H](C)NC(=O)OC(C)(C)C)C(C)C)o1. The molecule has 0 radical (unpaired) electrons. The number of amides is 3. The van der Waals surface area contributed by atoms with Gasteiger partial charge in [0, 0.05) is 0 Å². The zero-order valence-electron chi connectivity index (χ0n) is 20.3. The van der Waals surface area contributed by atoms with Gasteiger partial charge in [0.05, 0.1) is 6.04 Å². The van der Waals surface area contributed by atoms with Crippen LogP contribution in [0.25, 0.3) is 0 Å². The average Bonchev–Trinajstić information content (AvgIpc) is 3.29. The van der Waals surface area contributed by atoms with Crippen LogP contribution in [0.5, 0.6) is 0 Å². The number of carbonyl (C=O) groups excluding carboxylic acids is 3. The van der Waals surface area contributed by atoms with Gasteiger partial charge >= 0.3 is 12.1 Å². The molecule has 1 aromatic rings. The van der Waals surface area contributed by atoms with E-state index < -0.39 is 53.6 Å². The number of nitrogens with one attached hydrogen (secondary N) is 2. The first-order valence-corrected chi connectivity index (χ1v) is 11.1. The summed E-state index contributed by atoms with van der Waals surface area (Å²) in [6.07, 6.45) is -0.0393. The summed E-state index contributed by atoms with van der Waals surface area (Å²) >= 11 is 0. The van der Waals surface area contributed by atoms with E-state index in [1.54, 1.807) is 53.7 Å². The number of carboxylic acids is 1. The lowest BCUT2D eigenvalue weighted by atomic mass is 10.0. The van der Waals surface area contributed by atoms with E-state index in [-0.39, 0.29) is 12.3 Å². The molecule has 1 aromatic heterocycles. The number of alkyl carbamates (subject to hydrolysis) is 1. The molecule has 4 atom stereocenters. The monoisotopic (exact) mass is 465 g/mol. The summed E-state index contributed by atoms with van der Waals surface area (Å²) in [5, 5.41) is 14.8. The van der Waals surface area contributed by atoms with E-state index in [2.05, 4.69) is 10.6 Å². The number of nitrogens with zero attached hydrogens (tertiary/aromatic N) is 1. The predicted octanol–water partition coefficient (Wildman–Crippen LogP) is 2.76. The number of hydrogen-bond donors (Lipinski definition) is 3. The van der Waals surface area contributed by atoms with Gasteiger partial charge in [-0.2, -0.15) is 0 Å². The van der Waals surface area contributed by atoms with Crippen molar-refractivity contribution in [2.45, 2.75) is 91.1 Å². The maximum atomic E-state index is 13.6. The van der Waals surface area contributed by atoms with Gasteiger partial charge < -0.3 is 29.8 Å². The lowest BCUT2D eigenvalue weighted by molar-refractivity contribution is -0.152. The molecule has 3 N–H and O–H groups in total. The Hall–Kier alpha value is -3.04. The Morgan fingerprint density at radius 3 is 2.24 bits per heavy atom. The molecule has 1 aliphatic heterocycles. The molecule has 33 heavy (non-hydrogen) atoms. The van der Waals surface area contributed by atoms with Crippen molar-refractivity contribution < 1.29 is 33.4 Å². The van der Waals surface area contributed by atoms with Gasteiger partial charge in [0.2, 0.25) is 11.8 Å². The Morgan fingerprint density at radius 1 is 1.12 bits per heavy atom. The Balaban J connectivity index is 2.20.